The molecular weight excluding hydrogens is 272 g/mol. The number of amides is 1. The van der Waals surface area contributed by atoms with E-state index in [4.69, 9.17) is 5.11 Å². The van der Waals surface area contributed by atoms with Crippen molar-refractivity contribution in [2.75, 3.05) is 6.61 Å². The highest BCUT2D eigenvalue weighted by Crippen LogP contribution is 2.15. The predicted octanol–water partition coefficient (Wildman–Crippen LogP) is 0.317. The van der Waals surface area contributed by atoms with Gasteiger partial charge in [-0.05, 0) is 25.8 Å². The van der Waals surface area contributed by atoms with Crippen LogP contribution in [0, 0.1) is 12.8 Å². The molecule has 0 aliphatic rings. The SMILES string of the molecule is Cc1cc(C(=O)NC(C)C(C)CO)c2c(=O)[nH]n(C)c2n1. The number of rotatable bonds is 4. The number of aromatic amines is 1. The predicted molar refractivity (Wildman–Crippen MR) is 79.2 cm³/mol. The van der Waals surface area contributed by atoms with Gasteiger partial charge in [-0.3, -0.25) is 19.4 Å². The van der Waals surface area contributed by atoms with Crippen LogP contribution in [-0.4, -0.2) is 38.4 Å². The number of hydrogen-bond acceptors (Lipinski definition) is 4. The molecule has 2 aromatic rings. The highest BCUT2D eigenvalue weighted by atomic mass is 16.3. The highest BCUT2D eigenvalue weighted by molar-refractivity contribution is 6.05. The van der Waals surface area contributed by atoms with Crippen molar-refractivity contribution in [1.29, 1.82) is 0 Å². The van der Waals surface area contributed by atoms with Crippen molar-refractivity contribution in [3.05, 3.63) is 27.7 Å². The number of pyridine rings is 1. The molecule has 0 saturated heterocycles. The van der Waals surface area contributed by atoms with Gasteiger partial charge in [-0.15, -0.1) is 0 Å². The van der Waals surface area contributed by atoms with Crippen molar-refractivity contribution in [3.63, 3.8) is 0 Å². The summed E-state index contributed by atoms with van der Waals surface area (Å²) in [5, 5.41) is 14.8. The number of H-pyrrole nitrogens is 1. The van der Waals surface area contributed by atoms with Crippen molar-refractivity contribution in [2.24, 2.45) is 13.0 Å². The number of aliphatic hydroxyl groups is 1. The second-order valence-corrected chi connectivity index (χ2v) is 5.43. The number of carbonyl (C=O) groups is 1. The fraction of sp³-hybridized carbons (Fsp3) is 0.500. The number of nitrogens with zero attached hydrogens (tertiary/aromatic N) is 2. The molecule has 0 bridgehead atoms. The van der Waals surface area contributed by atoms with E-state index in [2.05, 4.69) is 15.4 Å². The van der Waals surface area contributed by atoms with Crippen LogP contribution in [0.1, 0.15) is 29.9 Å². The second-order valence-electron chi connectivity index (χ2n) is 5.43. The minimum absolute atomic E-state index is 0.0157. The zero-order chi connectivity index (χ0) is 15.7. The largest absolute Gasteiger partial charge is 0.396 e. The maximum Gasteiger partial charge on any atom is 0.274 e. The van der Waals surface area contributed by atoms with Crippen LogP contribution in [-0.2, 0) is 7.05 Å². The molecule has 0 spiro atoms. The van der Waals surface area contributed by atoms with Crippen LogP contribution >= 0.6 is 0 Å². The summed E-state index contributed by atoms with van der Waals surface area (Å²) in [6, 6.07) is 1.40. The van der Waals surface area contributed by atoms with Gasteiger partial charge in [0.25, 0.3) is 11.5 Å². The van der Waals surface area contributed by atoms with Crippen LogP contribution in [0.25, 0.3) is 11.0 Å². The molecule has 0 aliphatic heterocycles. The van der Waals surface area contributed by atoms with Crippen LogP contribution in [0.3, 0.4) is 0 Å². The van der Waals surface area contributed by atoms with E-state index in [1.807, 2.05) is 13.8 Å². The average molecular weight is 292 g/mol. The molecule has 7 heteroatoms. The normalized spacial score (nSPS) is 14.1. The Morgan fingerprint density at radius 1 is 1.52 bits per heavy atom. The fourth-order valence-electron chi connectivity index (χ4n) is 2.15. The van der Waals surface area contributed by atoms with Gasteiger partial charge in [0.2, 0.25) is 0 Å². The summed E-state index contributed by atoms with van der Waals surface area (Å²) >= 11 is 0. The molecule has 114 valence electrons. The molecule has 7 nitrogen and oxygen atoms in total. The molecular formula is C14H20N4O3. The monoisotopic (exact) mass is 292 g/mol. The molecule has 0 aromatic carbocycles. The molecule has 0 saturated carbocycles. The van der Waals surface area contributed by atoms with Crippen LogP contribution in [0.5, 0.6) is 0 Å². The van der Waals surface area contributed by atoms with Gasteiger partial charge in [0.15, 0.2) is 5.65 Å². The zero-order valence-corrected chi connectivity index (χ0v) is 12.6. The molecule has 0 fully saturated rings. The molecule has 21 heavy (non-hydrogen) atoms. The van der Waals surface area contributed by atoms with E-state index in [1.54, 1.807) is 20.0 Å². The van der Waals surface area contributed by atoms with Crippen molar-refractivity contribution in [1.82, 2.24) is 20.1 Å². The maximum atomic E-state index is 12.4. The maximum absolute atomic E-state index is 12.4. The van der Waals surface area contributed by atoms with Crippen LogP contribution < -0.4 is 10.9 Å². The van der Waals surface area contributed by atoms with E-state index in [9.17, 15) is 9.59 Å². The third kappa shape index (κ3) is 2.82. The first-order valence-electron chi connectivity index (χ1n) is 6.83. The summed E-state index contributed by atoms with van der Waals surface area (Å²) in [4.78, 5) is 28.7. The van der Waals surface area contributed by atoms with Crippen LogP contribution in [0.15, 0.2) is 10.9 Å². The van der Waals surface area contributed by atoms with Gasteiger partial charge in [0.1, 0.15) is 0 Å². The first-order valence-corrected chi connectivity index (χ1v) is 6.83. The van der Waals surface area contributed by atoms with Crippen molar-refractivity contribution in [3.8, 4) is 0 Å². The van der Waals surface area contributed by atoms with Crippen LogP contribution in [0.4, 0.5) is 0 Å². The standard InChI is InChI=1S/C14H20N4O3/c1-7(6-19)9(3)16-13(20)10-5-8(2)15-12-11(10)14(21)17-18(12)4/h5,7,9,19H,6H2,1-4H3,(H,16,20)(H,17,21). The topological polar surface area (TPSA) is 100 Å². The van der Waals surface area contributed by atoms with Crippen molar-refractivity contribution in [2.45, 2.75) is 26.8 Å². The fourth-order valence-corrected chi connectivity index (χ4v) is 2.15. The molecule has 0 aliphatic carbocycles. The number of nitrogens with one attached hydrogen (secondary N) is 2. The molecule has 0 radical (unpaired) electrons. The van der Waals surface area contributed by atoms with Gasteiger partial charge in [0, 0.05) is 25.4 Å². The first-order chi connectivity index (χ1) is 9.85. The van der Waals surface area contributed by atoms with Gasteiger partial charge in [0.05, 0.1) is 10.9 Å². The molecule has 2 unspecified atom stereocenters. The second kappa shape index (κ2) is 5.69. The van der Waals surface area contributed by atoms with E-state index >= 15 is 0 Å². The first kappa shape index (κ1) is 15.2. The minimum atomic E-state index is -0.340. The van der Waals surface area contributed by atoms with E-state index < -0.39 is 0 Å². The molecule has 1 amide bonds. The number of aliphatic hydroxyl groups excluding tert-OH is 1. The summed E-state index contributed by atoms with van der Waals surface area (Å²) in [6.07, 6.45) is 0. The van der Waals surface area contributed by atoms with E-state index in [1.165, 1.54) is 4.68 Å². The number of fused-ring (bicyclic) bond motifs is 1. The number of aryl methyl sites for hydroxylation is 2. The van der Waals surface area contributed by atoms with Gasteiger partial charge in [-0.25, -0.2) is 4.98 Å². The number of hydrogen-bond donors (Lipinski definition) is 3. The molecule has 2 aromatic heterocycles. The van der Waals surface area contributed by atoms with E-state index in [0.29, 0.717) is 16.9 Å². The Bertz CT molecular complexity index is 732. The Hall–Kier alpha value is -2.15. The minimum Gasteiger partial charge on any atom is -0.396 e. The van der Waals surface area contributed by atoms with Crippen LogP contribution in [0.2, 0.25) is 0 Å². The smallest absolute Gasteiger partial charge is 0.274 e. The molecule has 2 heterocycles. The third-order valence-corrected chi connectivity index (χ3v) is 3.69. The number of aromatic nitrogens is 3. The summed E-state index contributed by atoms with van der Waals surface area (Å²) in [7, 11) is 1.67. The Balaban J connectivity index is 2.46. The number of carbonyl (C=O) groups excluding carboxylic acids is 1. The third-order valence-electron chi connectivity index (χ3n) is 3.69. The summed E-state index contributed by atoms with van der Waals surface area (Å²) in [5.41, 5.74) is 1.07. The Kier molecular flexibility index (Phi) is 4.13. The average Bonchev–Trinajstić information content (AvgIpc) is 2.71. The Morgan fingerprint density at radius 2 is 2.19 bits per heavy atom. The zero-order valence-electron chi connectivity index (χ0n) is 12.6. The van der Waals surface area contributed by atoms with Crippen molar-refractivity contribution < 1.29 is 9.90 Å². The van der Waals surface area contributed by atoms with Crippen molar-refractivity contribution >= 4 is 16.9 Å². The Labute approximate surface area is 122 Å². The van der Waals surface area contributed by atoms with E-state index in [-0.39, 0.29) is 35.4 Å². The molecule has 2 atom stereocenters. The van der Waals surface area contributed by atoms with Gasteiger partial charge < -0.3 is 10.4 Å². The van der Waals surface area contributed by atoms with Gasteiger partial charge >= 0.3 is 0 Å². The lowest BCUT2D eigenvalue weighted by Crippen LogP contribution is -2.38. The summed E-state index contributed by atoms with van der Waals surface area (Å²) in [6.45, 7) is 5.42. The van der Waals surface area contributed by atoms with Gasteiger partial charge in [-0.1, -0.05) is 6.92 Å². The summed E-state index contributed by atoms with van der Waals surface area (Å²) in [5.74, 6) is -0.406. The lowest BCUT2D eigenvalue weighted by molar-refractivity contribution is 0.0917. The highest BCUT2D eigenvalue weighted by Gasteiger charge is 2.20. The lowest BCUT2D eigenvalue weighted by Gasteiger charge is -2.19. The quantitative estimate of drug-likeness (QED) is 0.755. The van der Waals surface area contributed by atoms with Gasteiger partial charge in [-0.2, -0.15) is 0 Å². The van der Waals surface area contributed by atoms with E-state index in [0.717, 1.165) is 0 Å². The lowest BCUT2D eigenvalue weighted by atomic mass is 10.0. The molecule has 3 N–H and O–H groups in total. The Morgan fingerprint density at radius 3 is 2.81 bits per heavy atom. The summed E-state index contributed by atoms with van der Waals surface area (Å²) < 4.78 is 1.50. The molecule has 2 rings (SSSR count).